The Morgan fingerprint density at radius 3 is 2.17 bits per heavy atom. The Morgan fingerprint density at radius 2 is 1.52 bits per heavy atom. The van der Waals surface area contributed by atoms with Gasteiger partial charge in [-0.3, -0.25) is 4.99 Å². The van der Waals surface area contributed by atoms with Crippen LogP contribution in [0, 0.1) is 0 Å². The third-order valence-electron chi connectivity index (χ3n) is 5.10. The summed E-state index contributed by atoms with van der Waals surface area (Å²) in [5.74, 6) is 0.148. The molecule has 0 aliphatic carbocycles. The predicted molar refractivity (Wildman–Crippen MR) is 122 cm³/mol. The molecule has 0 heterocycles. The smallest absolute Gasteiger partial charge is 0.151 e. The fraction of sp³-hybridized carbons (Fsp3) is 0.292. The number of benzene rings is 3. The van der Waals surface area contributed by atoms with Gasteiger partial charge in [-0.15, -0.1) is 0 Å². The monoisotopic (exact) mass is 391 g/mol. The molecule has 3 aromatic rings. The van der Waals surface area contributed by atoms with Gasteiger partial charge in [0.2, 0.25) is 0 Å². The third-order valence-corrected chi connectivity index (χ3v) is 5.10. The highest BCUT2D eigenvalue weighted by molar-refractivity contribution is 6.05. The highest BCUT2D eigenvalue weighted by atomic mass is 16.3. The number of phenolic OH excluding ortho intramolecular Hbond substituents is 2. The number of fused-ring (bicyclic) bond motifs is 1. The van der Waals surface area contributed by atoms with E-state index in [0.717, 1.165) is 38.2 Å². The zero-order chi connectivity index (χ0) is 20.6. The van der Waals surface area contributed by atoms with E-state index in [9.17, 15) is 10.2 Å². The molecule has 152 valence electrons. The lowest BCUT2D eigenvalue weighted by Crippen LogP contribution is -2.23. The molecule has 5 nitrogen and oxygen atoms in total. The predicted octanol–water partition coefficient (Wildman–Crippen LogP) is 5.82. The van der Waals surface area contributed by atoms with Crippen LogP contribution < -0.4 is 5.32 Å². The van der Waals surface area contributed by atoms with Crippen LogP contribution in [0.5, 0.6) is 11.5 Å². The maximum Gasteiger partial charge on any atom is 0.151 e. The van der Waals surface area contributed by atoms with E-state index in [1.54, 1.807) is 12.1 Å². The van der Waals surface area contributed by atoms with Crippen molar-refractivity contribution in [2.24, 2.45) is 4.99 Å². The minimum Gasteiger partial charge on any atom is -0.505 e. The second-order valence-corrected chi connectivity index (χ2v) is 6.94. The van der Waals surface area contributed by atoms with Crippen molar-refractivity contribution >= 4 is 34.0 Å². The van der Waals surface area contributed by atoms with E-state index >= 15 is 0 Å². The van der Waals surface area contributed by atoms with E-state index in [2.05, 4.69) is 29.1 Å². The summed E-state index contributed by atoms with van der Waals surface area (Å²) in [5.41, 5.74) is 1.58. The van der Waals surface area contributed by atoms with Crippen molar-refractivity contribution in [3.8, 4) is 11.5 Å². The molecule has 0 fully saturated rings. The summed E-state index contributed by atoms with van der Waals surface area (Å²) in [6.07, 6.45) is 3.62. The Hall–Kier alpha value is -3.05. The molecule has 0 spiro atoms. The molecule has 0 bridgehead atoms. The first-order valence-electron chi connectivity index (χ1n) is 10.2. The van der Waals surface area contributed by atoms with E-state index < -0.39 is 0 Å². The van der Waals surface area contributed by atoms with Gasteiger partial charge in [-0.1, -0.05) is 56.3 Å². The Kier molecular flexibility index (Phi) is 7.09. The van der Waals surface area contributed by atoms with Crippen molar-refractivity contribution in [3.05, 3.63) is 54.6 Å². The summed E-state index contributed by atoms with van der Waals surface area (Å²) in [4.78, 5) is 6.92. The number of anilines is 2. The van der Waals surface area contributed by atoms with Crippen molar-refractivity contribution in [2.45, 2.75) is 26.7 Å². The van der Waals surface area contributed by atoms with Gasteiger partial charge in [-0.05, 0) is 44.6 Å². The summed E-state index contributed by atoms with van der Waals surface area (Å²) < 4.78 is 0. The Balaban J connectivity index is 1.92. The number of aliphatic imine (C=N–C) groups is 1. The van der Waals surface area contributed by atoms with Crippen LogP contribution in [0.2, 0.25) is 0 Å². The van der Waals surface area contributed by atoms with Crippen LogP contribution in [0.15, 0.2) is 59.6 Å². The molecular weight excluding hydrogens is 362 g/mol. The van der Waals surface area contributed by atoms with E-state index in [1.807, 2.05) is 48.7 Å². The van der Waals surface area contributed by atoms with Crippen molar-refractivity contribution in [2.75, 3.05) is 25.0 Å². The average molecular weight is 392 g/mol. The maximum absolute atomic E-state index is 10.9. The number of nitrogens with zero attached hydrogens (tertiary/aromatic N) is 2. The highest BCUT2D eigenvalue weighted by Gasteiger charge is 2.18. The first-order valence-corrected chi connectivity index (χ1v) is 10.2. The van der Waals surface area contributed by atoms with E-state index in [1.165, 1.54) is 0 Å². The standard InChI is InChI=1S/C24H29N3O2/c1-3-27(4-2)17-11-10-16-25-21-22(26-18-12-6-5-7-13-18)24(29)20-15-9-8-14-19(20)23(21)28/h5-9,12-16,26,28-29H,3-4,10-11,17H2,1-2H3. The van der Waals surface area contributed by atoms with Gasteiger partial charge in [-0.25, -0.2) is 0 Å². The minimum atomic E-state index is 0.0665. The van der Waals surface area contributed by atoms with Crippen LogP contribution in [0.1, 0.15) is 26.7 Å². The van der Waals surface area contributed by atoms with Gasteiger partial charge in [0.15, 0.2) is 5.75 Å². The largest absolute Gasteiger partial charge is 0.505 e. The number of rotatable bonds is 9. The molecule has 0 aromatic heterocycles. The van der Waals surface area contributed by atoms with Crippen LogP contribution in [0.3, 0.4) is 0 Å². The van der Waals surface area contributed by atoms with Crippen molar-refractivity contribution in [1.29, 1.82) is 0 Å². The van der Waals surface area contributed by atoms with Gasteiger partial charge in [-0.2, -0.15) is 0 Å². The SMILES string of the molecule is CCN(CC)CCCC=Nc1c(Nc2ccccc2)c(O)c2ccccc2c1O. The summed E-state index contributed by atoms with van der Waals surface area (Å²) in [7, 11) is 0. The normalized spacial score (nSPS) is 11.6. The number of unbranched alkanes of at least 4 members (excludes halogenated alkanes) is 1. The zero-order valence-corrected chi connectivity index (χ0v) is 17.1. The molecule has 3 N–H and O–H groups in total. The molecule has 0 saturated carbocycles. The molecule has 3 rings (SSSR count). The summed E-state index contributed by atoms with van der Waals surface area (Å²) in [6.45, 7) is 7.42. The quantitative estimate of drug-likeness (QED) is 0.186. The van der Waals surface area contributed by atoms with Gasteiger partial charge in [0.1, 0.15) is 17.1 Å². The van der Waals surface area contributed by atoms with Crippen molar-refractivity contribution in [1.82, 2.24) is 4.90 Å². The van der Waals surface area contributed by atoms with Gasteiger partial charge in [0.05, 0.1) is 0 Å². The summed E-state index contributed by atoms with van der Waals surface area (Å²) in [5, 5.41) is 26.2. The fourth-order valence-corrected chi connectivity index (χ4v) is 3.40. The Morgan fingerprint density at radius 1 is 0.897 bits per heavy atom. The van der Waals surface area contributed by atoms with Crippen LogP contribution >= 0.6 is 0 Å². The van der Waals surface area contributed by atoms with E-state index in [-0.39, 0.29) is 11.5 Å². The highest BCUT2D eigenvalue weighted by Crippen LogP contribution is 2.49. The molecule has 0 unspecified atom stereocenters. The van der Waals surface area contributed by atoms with Gasteiger partial charge in [0.25, 0.3) is 0 Å². The van der Waals surface area contributed by atoms with E-state index in [4.69, 9.17) is 0 Å². The third kappa shape index (κ3) is 4.87. The number of hydrogen-bond donors (Lipinski definition) is 3. The zero-order valence-electron chi connectivity index (χ0n) is 17.1. The Bertz CT molecular complexity index is 967. The topological polar surface area (TPSA) is 68.1 Å². The number of phenols is 2. The number of aromatic hydroxyl groups is 2. The van der Waals surface area contributed by atoms with Gasteiger partial charge >= 0.3 is 0 Å². The first-order chi connectivity index (χ1) is 14.2. The summed E-state index contributed by atoms with van der Waals surface area (Å²) >= 11 is 0. The Labute approximate surface area is 172 Å². The molecule has 5 heteroatoms. The molecule has 0 atom stereocenters. The second-order valence-electron chi connectivity index (χ2n) is 6.94. The lowest BCUT2D eigenvalue weighted by molar-refractivity contribution is 0.302. The summed E-state index contributed by atoms with van der Waals surface area (Å²) in [6, 6.07) is 16.8. The second kappa shape index (κ2) is 9.94. The fourth-order valence-electron chi connectivity index (χ4n) is 3.40. The van der Waals surface area contributed by atoms with Crippen molar-refractivity contribution in [3.63, 3.8) is 0 Å². The van der Waals surface area contributed by atoms with Crippen LogP contribution in [-0.4, -0.2) is 41.0 Å². The molecular formula is C24H29N3O2. The van der Waals surface area contributed by atoms with Crippen LogP contribution in [-0.2, 0) is 0 Å². The first kappa shape index (κ1) is 20.7. The van der Waals surface area contributed by atoms with Gasteiger partial charge < -0.3 is 20.4 Å². The molecule has 29 heavy (non-hydrogen) atoms. The van der Waals surface area contributed by atoms with Crippen LogP contribution in [0.25, 0.3) is 10.8 Å². The van der Waals surface area contributed by atoms with Crippen molar-refractivity contribution < 1.29 is 10.2 Å². The lowest BCUT2D eigenvalue weighted by atomic mass is 10.0. The lowest BCUT2D eigenvalue weighted by Gasteiger charge is -2.17. The average Bonchev–Trinajstić information content (AvgIpc) is 2.77. The number of nitrogens with one attached hydrogen (secondary N) is 1. The molecule has 0 radical (unpaired) electrons. The van der Waals surface area contributed by atoms with E-state index in [0.29, 0.717) is 22.1 Å². The number of hydrogen-bond acceptors (Lipinski definition) is 5. The molecule has 3 aromatic carbocycles. The minimum absolute atomic E-state index is 0.0665. The number of para-hydroxylation sites is 1. The molecule has 0 amide bonds. The molecule has 0 aliphatic heterocycles. The maximum atomic E-state index is 10.9. The van der Waals surface area contributed by atoms with Crippen LogP contribution in [0.4, 0.5) is 17.1 Å². The van der Waals surface area contributed by atoms with Gasteiger partial charge in [0, 0.05) is 22.7 Å². The molecule has 0 aliphatic rings. The molecule has 0 saturated heterocycles.